The van der Waals surface area contributed by atoms with Gasteiger partial charge in [0.1, 0.15) is 17.9 Å². The van der Waals surface area contributed by atoms with Crippen molar-refractivity contribution in [2.45, 2.75) is 25.8 Å². The summed E-state index contributed by atoms with van der Waals surface area (Å²) in [6, 6.07) is 7.25. The Morgan fingerprint density at radius 1 is 1.50 bits per heavy atom. The molecule has 1 saturated carbocycles. The summed E-state index contributed by atoms with van der Waals surface area (Å²) in [4.78, 5) is 11.0. The predicted molar refractivity (Wildman–Crippen MR) is 69.1 cm³/mol. The lowest BCUT2D eigenvalue weighted by Crippen LogP contribution is -2.31. The highest BCUT2D eigenvalue weighted by molar-refractivity contribution is 5.90. The van der Waals surface area contributed by atoms with Gasteiger partial charge in [0.15, 0.2) is 0 Å². The fourth-order valence-corrected chi connectivity index (χ4v) is 1.98. The fraction of sp³-hybridized carbons (Fsp3) is 0.500. The summed E-state index contributed by atoms with van der Waals surface area (Å²) in [6.07, 6.45) is 2.63. The monoisotopic (exact) mass is 249 g/mol. The molecule has 1 aliphatic rings. The molecule has 2 N–H and O–H groups in total. The van der Waals surface area contributed by atoms with Gasteiger partial charge in [-0.1, -0.05) is 12.1 Å². The maximum Gasteiger partial charge on any atom is 0.339 e. The van der Waals surface area contributed by atoms with Crippen molar-refractivity contribution in [2.24, 2.45) is 5.92 Å². The number of para-hydroxylation sites is 1. The topological polar surface area (TPSA) is 58.6 Å². The molecule has 0 spiro atoms. The number of hydrogen-bond donors (Lipinski definition) is 2. The second kappa shape index (κ2) is 5.87. The summed E-state index contributed by atoms with van der Waals surface area (Å²) in [7, 11) is 0. The number of ether oxygens (including phenoxy) is 1. The number of benzene rings is 1. The van der Waals surface area contributed by atoms with Crippen molar-refractivity contribution >= 4 is 5.97 Å². The molecule has 4 heteroatoms. The van der Waals surface area contributed by atoms with Gasteiger partial charge in [-0.3, -0.25) is 0 Å². The van der Waals surface area contributed by atoms with Crippen LogP contribution in [0.2, 0.25) is 0 Å². The minimum absolute atomic E-state index is 0.216. The van der Waals surface area contributed by atoms with Crippen LogP contribution in [0.1, 0.15) is 30.1 Å². The fourth-order valence-electron chi connectivity index (χ4n) is 1.98. The molecule has 1 unspecified atom stereocenters. The molecular weight excluding hydrogens is 230 g/mol. The van der Waals surface area contributed by atoms with Gasteiger partial charge in [0.2, 0.25) is 0 Å². The zero-order valence-electron chi connectivity index (χ0n) is 10.6. The Kier molecular flexibility index (Phi) is 4.20. The van der Waals surface area contributed by atoms with Crippen LogP contribution >= 0.6 is 0 Å². The highest BCUT2D eigenvalue weighted by atomic mass is 16.5. The van der Waals surface area contributed by atoms with Crippen molar-refractivity contribution in [1.82, 2.24) is 5.32 Å². The third-order valence-electron chi connectivity index (χ3n) is 3.27. The van der Waals surface area contributed by atoms with Crippen molar-refractivity contribution < 1.29 is 14.6 Å². The number of hydrogen-bond acceptors (Lipinski definition) is 3. The number of rotatable bonds is 7. The lowest BCUT2D eigenvalue weighted by molar-refractivity contribution is 0.0692. The zero-order chi connectivity index (χ0) is 13.0. The minimum atomic E-state index is -0.954. The van der Waals surface area contributed by atoms with E-state index in [-0.39, 0.29) is 5.56 Å². The highest BCUT2D eigenvalue weighted by Crippen LogP contribution is 2.32. The van der Waals surface area contributed by atoms with Gasteiger partial charge >= 0.3 is 5.97 Å². The van der Waals surface area contributed by atoms with Gasteiger partial charge in [-0.05, 0) is 37.8 Å². The normalized spacial score (nSPS) is 16.3. The first kappa shape index (κ1) is 12.9. The van der Waals surface area contributed by atoms with E-state index in [0.29, 0.717) is 18.4 Å². The van der Waals surface area contributed by atoms with Gasteiger partial charge in [0, 0.05) is 12.6 Å². The van der Waals surface area contributed by atoms with Crippen molar-refractivity contribution in [1.29, 1.82) is 0 Å². The molecule has 2 rings (SSSR count). The van der Waals surface area contributed by atoms with Crippen LogP contribution in [0.25, 0.3) is 0 Å². The van der Waals surface area contributed by atoms with Crippen LogP contribution in [0, 0.1) is 5.92 Å². The summed E-state index contributed by atoms with van der Waals surface area (Å²) in [5, 5.41) is 12.4. The molecule has 0 bridgehead atoms. The summed E-state index contributed by atoms with van der Waals surface area (Å²) >= 11 is 0. The molecule has 1 aliphatic carbocycles. The van der Waals surface area contributed by atoms with E-state index in [1.165, 1.54) is 12.8 Å². The first-order valence-electron chi connectivity index (χ1n) is 6.37. The molecule has 98 valence electrons. The SMILES string of the molecule is CC(NCCOc1ccccc1C(=O)O)C1CC1. The Bertz CT molecular complexity index is 415. The molecule has 1 aromatic carbocycles. The highest BCUT2D eigenvalue weighted by Gasteiger charge is 2.27. The van der Waals surface area contributed by atoms with Gasteiger partial charge in [0.25, 0.3) is 0 Å². The maximum atomic E-state index is 11.0. The van der Waals surface area contributed by atoms with Crippen LogP contribution < -0.4 is 10.1 Å². The molecule has 0 aliphatic heterocycles. The molecule has 0 heterocycles. The molecule has 0 amide bonds. The third kappa shape index (κ3) is 3.47. The Balaban J connectivity index is 1.77. The number of carbonyl (C=O) groups is 1. The maximum absolute atomic E-state index is 11.0. The Morgan fingerprint density at radius 2 is 2.22 bits per heavy atom. The van der Waals surface area contributed by atoms with Crippen molar-refractivity contribution in [3.05, 3.63) is 29.8 Å². The number of carboxylic acid groups (broad SMARTS) is 1. The van der Waals surface area contributed by atoms with E-state index in [4.69, 9.17) is 9.84 Å². The zero-order valence-corrected chi connectivity index (χ0v) is 10.6. The lowest BCUT2D eigenvalue weighted by Gasteiger charge is -2.13. The quantitative estimate of drug-likeness (QED) is 0.727. The van der Waals surface area contributed by atoms with Crippen LogP contribution in [-0.2, 0) is 0 Å². The largest absolute Gasteiger partial charge is 0.491 e. The van der Waals surface area contributed by atoms with Crippen LogP contribution in [0.15, 0.2) is 24.3 Å². The molecule has 1 atom stereocenters. The van der Waals surface area contributed by atoms with E-state index < -0.39 is 5.97 Å². The van der Waals surface area contributed by atoms with E-state index in [0.717, 1.165) is 12.5 Å². The van der Waals surface area contributed by atoms with Gasteiger partial charge in [-0.2, -0.15) is 0 Å². The predicted octanol–water partition coefficient (Wildman–Crippen LogP) is 2.15. The second-order valence-corrected chi connectivity index (χ2v) is 4.73. The van der Waals surface area contributed by atoms with E-state index in [9.17, 15) is 4.79 Å². The van der Waals surface area contributed by atoms with Gasteiger partial charge < -0.3 is 15.2 Å². The van der Waals surface area contributed by atoms with Crippen LogP contribution in [-0.4, -0.2) is 30.3 Å². The Labute approximate surface area is 107 Å². The molecule has 18 heavy (non-hydrogen) atoms. The standard InChI is InChI=1S/C14H19NO3/c1-10(11-6-7-11)15-8-9-18-13-5-3-2-4-12(13)14(16)17/h2-5,10-11,15H,6-9H2,1H3,(H,16,17). The summed E-state index contributed by atoms with van der Waals surface area (Å²) in [5.41, 5.74) is 0.216. The second-order valence-electron chi connectivity index (χ2n) is 4.73. The van der Waals surface area contributed by atoms with Crippen molar-refractivity contribution in [3.8, 4) is 5.75 Å². The first-order chi connectivity index (χ1) is 8.68. The van der Waals surface area contributed by atoms with Crippen LogP contribution in [0.4, 0.5) is 0 Å². The van der Waals surface area contributed by atoms with E-state index in [1.807, 2.05) is 0 Å². The van der Waals surface area contributed by atoms with E-state index in [2.05, 4.69) is 12.2 Å². The molecular formula is C14H19NO3. The Hall–Kier alpha value is -1.55. The van der Waals surface area contributed by atoms with Gasteiger partial charge in [-0.25, -0.2) is 4.79 Å². The van der Waals surface area contributed by atoms with Crippen molar-refractivity contribution in [3.63, 3.8) is 0 Å². The van der Waals surface area contributed by atoms with Crippen LogP contribution in [0.3, 0.4) is 0 Å². The molecule has 1 aromatic rings. The number of nitrogens with one attached hydrogen (secondary N) is 1. The lowest BCUT2D eigenvalue weighted by atomic mass is 10.2. The molecule has 0 saturated heterocycles. The summed E-state index contributed by atoms with van der Waals surface area (Å²) < 4.78 is 5.51. The minimum Gasteiger partial charge on any atom is -0.491 e. The number of aromatic carboxylic acids is 1. The average Bonchev–Trinajstić information content (AvgIpc) is 3.19. The average molecular weight is 249 g/mol. The molecule has 4 nitrogen and oxygen atoms in total. The Morgan fingerprint density at radius 3 is 2.89 bits per heavy atom. The van der Waals surface area contributed by atoms with E-state index in [1.54, 1.807) is 24.3 Å². The third-order valence-corrected chi connectivity index (χ3v) is 3.27. The molecule has 0 radical (unpaired) electrons. The smallest absolute Gasteiger partial charge is 0.339 e. The molecule has 0 aromatic heterocycles. The van der Waals surface area contributed by atoms with Crippen LogP contribution in [0.5, 0.6) is 5.75 Å². The van der Waals surface area contributed by atoms with Crippen molar-refractivity contribution in [2.75, 3.05) is 13.2 Å². The number of carboxylic acids is 1. The van der Waals surface area contributed by atoms with Gasteiger partial charge in [0.05, 0.1) is 0 Å². The summed E-state index contributed by atoms with van der Waals surface area (Å²) in [5.74, 6) is 0.298. The first-order valence-corrected chi connectivity index (χ1v) is 6.37. The summed E-state index contributed by atoms with van der Waals surface area (Å²) in [6.45, 7) is 3.41. The van der Waals surface area contributed by atoms with E-state index >= 15 is 0 Å². The van der Waals surface area contributed by atoms with Gasteiger partial charge in [-0.15, -0.1) is 0 Å². The molecule has 1 fully saturated rings.